The molecule has 1 aliphatic heterocycles. The molecule has 1 heterocycles. The zero-order valence-electron chi connectivity index (χ0n) is 7.56. The molecule has 1 fully saturated rings. The average molecular weight is 193 g/mol. The molecule has 14 heavy (non-hydrogen) atoms. The van der Waals surface area contributed by atoms with Crippen molar-refractivity contribution in [3.63, 3.8) is 0 Å². The first-order chi connectivity index (χ1) is 6.77. The van der Waals surface area contributed by atoms with Crippen molar-refractivity contribution >= 4 is 5.91 Å². The molecule has 0 spiro atoms. The van der Waals surface area contributed by atoms with Gasteiger partial charge in [-0.25, -0.2) is 0 Å². The Morgan fingerprint density at radius 2 is 2.14 bits per heavy atom. The zero-order valence-corrected chi connectivity index (χ0v) is 7.56. The highest BCUT2D eigenvalue weighted by Crippen LogP contribution is 2.15. The Hall–Kier alpha value is -1.55. The molecule has 0 bridgehead atoms. The third-order valence-electron chi connectivity index (χ3n) is 2.12. The monoisotopic (exact) mass is 193 g/mol. The van der Waals surface area contributed by atoms with E-state index in [0.717, 1.165) is 0 Å². The number of para-hydroxylation sites is 1. The predicted molar refractivity (Wildman–Crippen MR) is 50.2 cm³/mol. The van der Waals surface area contributed by atoms with Crippen molar-refractivity contribution in [1.82, 2.24) is 5.32 Å². The van der Waals surface area contributed by atoms with Gasteiger partial charge >= 0.3 is 0 Å². The van der Waals surface area contributed by atoms with Gasteiger partial charge in [0.25, 0.3) is 5.91 Å². The van der Waals surface area contributed by atoms with E-state index in [0.29, 0.717) is 18.8 Å². The van der Waals surface area contributed by atoms with Gasteiger partial charge in [0.2, 0.25) is 0 Å². The summed E-state index contributed by atoms with van der Waals surface area (Å²) in [7, 11) is 0. The summed E-state index contributed by atoms with van der Waals surface area (Å²) in [5.41, 5.74) is 0.305. The van der Waals surface area contributed by atoms with Crippen molar-refractivity contribution in [2.24, 2.45) is 0 Å². The van der Waals surface area contributed by atoms with Crippen molar-refractivity contribution < 1.29 is 14.6 Å². The van der Waals surface area contributed by atoms with E-state index in [9.17, 15) is 9.90 Å². The van der Waals surface area contributed by atoms with Crippen LogP contribution in [0.15, 0.2) is 24.3 Å². The van der Waals surface area contributed by atoms with Crippen LogP contribution in [0.5, 0.6) is 5.75 Å². The maximum atomic E-state index is 11.5. The van der Waals surface area contributed by atoms with Crippen LogP contribution < -0.4 is 5.32 Å². The first-order valence-corrected chi connectivity index (χ1v) is 4.44. The Labute approximate surface area is 81.5 Å². The molecule has 1 aromatic rings. The van der Waals surface area contributed by atoms with Gasteiger partial charge in [0, 0.05) is 0 Å². The molecule has 1 aromatic carbocycles. The molecule has 74 valence electrons. The first-order valence-electron chi connectivity index (χ1n) is 4.44. The minimum Gasteiger partial charge on any atom is -0.507 e. The summed E-state index contributed by atoms with van der Waals surface area (Å²) in [5, 5.41) is 12.1. The summed E-state index contributed by atoms with van der Waals surface area (Å²) in [5.74, 6) is -0.248. The number of rotatable bonds is 2. The van der Waals surface area contributed by atoms with E-state index in [2.05, 4.69) is 5.32 Å². The molecule has 1 aliphatic rings. The van der Waals surface area contributed by atoms with Gasteiger partial charge in [0.05, 0.1) is 24.8 Å². The summed E-state index contributed by atoms with van der Waals surface area (Å²) in [6.07, 6.45) is 0. The van der Waals surface area contributed by atoms with Crippen LogP contribution >= 0.6 is 0 Å². The molecule has 2 N–H and O–H groups in total. The standard InChI is InChI=1S/C10H11NO3/c12-9-4-2-1-3-8(9)10(13)11-7-5-14-6-7/h1-4,7,12H,5-6H2,(H,11,13). The van der Waals surface area contributed by atoms with Crippen LogP contribution in [0.4, 0.5) is 0 Å². The Bertz CT molecular complexity index is 347. The number of nitrogens with one attached hydrogen (secondary N) is 1. The molecule has 0 radical (unpaired) electrons. The molecular formula is C10H11NO3. The fourth-order valence-corrected chi connectivity index (χ4v) is 1.25. The second-order valence-corrected chi connectivity index (χ2v) is 3.22. The van der Waals surface area contributed by atoms with Crippen molar-refractivity contribution in [2.75, 3.05) is 13.2 Å². The third kappa shape index (κ3) is 1.70. The molecule has 0 atom stereocenters. The predicted octanol–water partition coefficient (Wildman–Crippen LogP) is 0.521. The highest BCUT2D eigenvalue weighted by Gasteiger charge is 2.21. The quantitative estimate of drug-likeness (QED) is 0.720. The van der Waals surface area contributed by atoms with Crippen LogP contribution in [0.3, 0.4) is 0 Å². The second kappa shape index (κ2) is 3.67. The molecule has 4 nitrogen and oxygen atoms in total. The molecule has 0 aromatic heterocycles. The molecule has 2 rings (SSSR count). The van der Waals surface area contributed by atoms with E-state index in [1.165, 1.54) is 6.07 Å². The second-order valence-electron chi connectivity index (χ2n) is 3.22. The minimum absolute atomic E-state index is 0.00485. The van der Waals surface area contributed by atoms with Crippen molar-refractivity contribution in [3.05, 3.63) is 29.8 Å². The van der Waals surface area contributed by atoms with Gasteiger partial charge in [-0.05, 0) is 12.1 Å². The number of hydrogen-bond acceptors (Lipinski definition) is 3. The lowest BCUT2D eigenvalue weighted by Crippen LogP contribution is -2.48. The topological polar surface area (TPSA) is 58.6 Å². The van der Waals surface area contributed by atoms with Gasteiger partial charge in [-0.1, -0.05) is 12.1 Å². The number of benzene rings is 1. The van der Waals surface area contributed by atoms with Gasteiger partial charge in [-0.3, -0.25) is 4.79 Å². The van der Waals surface area contributed by atoms with E-state index >= 15 is 0 Å². The van der Waals surface area contributed by atoms with Gasteiger partial charge in [0.15, 0.2) is 0 Å². The third-order valence-corrected chi connectivity index (χ3v) is 2.12. The van der Waals surface area contributed by atoms with Gasteiger partial charge in [-0.15, -0.1) is 0 Å². The van der Waals surface area contributed by atoms with Crippen LogP contribution in [-0.2, 0) is 4.74 Å². The molecule has 0 saturated carbocycles. The first kappa shape index (κ1) is 9.02. The van der Waals surface area contributed by atoms with Crippen molar-refractivity contribution in [3.8, 4) is 5.75 Å². The Kier molecular flexibility index (Phi) is 2.37. The lowest BCUT2D eigenvalue weighted by atomic mass is 10.1. The minimum atomic E-state index is -0.253. The number of aromatic hydroxyl groups is 1. The summed E-state index contributed by atoms with van der Waals surface area (Å²) >= 11 is 0. The van der Waals surface area contributed by atoms with Crippen LogP contribution in [0, 0.1) is 0 Å². The number of ether oxygens (including phenoxy) is 1. The van der Waals surface area contributed by atoms with Crippen molar-refractivity contribution in [1.29, 1.82) is 0 Å². The molecule has 4 heteroatoms. The van der Waals surface area contributed by atoms with Crippen LogP contribution in [0.2, 0.25) is 0 Å². The maximum Gasteiger partial charge on any atom is 0.255 e. The van der Waals surface area contributed by atoms with E-state index in [4.69, 9.17) is 4.74 Å². The average Bonchev–Trinajstić information content (AvgIpc) is 2.12. The number of amides is 1. The highest BCUT2D eigenvalue weighted by atomic mass is 16.5. The molecule has 0 unspecified atom stereocenters. The summed E-state index contributed by atoms with van der Waals surface area (Å²) < 4.78 is 4.92. The van der Waals surface area contributed by atoms with Crippen LogP contribution in [-0.4, -0.2) is 30.3 Å². The number of carbonyl (C=O) groups is 1. The largest absolute Gasteiger partial charge is 0.507 e. The Morgan fingerprint density at radius 1 is 1.43 bits per heavy atom. The summed E-state index contributed by atoms with van der Waals surface area (Å²) in [6, 6.07) is 6.56. The Morgan fingerprint density at radius 3 is 2.71 bits per heavy atom. The number of hydrogen-bond donors (Lipinski definition) is 2. The van der Waals surface area contributed by atoms with Gasteiger partial charge < -0.3 is 15.2 Å². The van der Waals surface area contributed by atoms with E-state index in [-0.39, 0.29) is 17.7 Å². The van der Waals surface area contributed by atoms with E-state index in [1.807, 2.05) is 0 Å². The zero-order chi connectivity index (χ0) is 9.97. The lowest BCUT2D eigenvalue weighted by molar-refractivity contribution is -0.00350. The SMILES string of the molecule is O=C(NC1COC1)c1ccccc1O. The highest BCUT2D eigenvalue weighted by molar-refractivity contribution is 5.96. The van der Waals surface area contributed by atoms with Crippen LogP contribution in [0.25, 0.3) is 0 Å². The van der Waals surface area contributed by atoms with E-state index < -0.39 is 0 Å². The van der Waals surface area contributed by atoms with Crippen LogP contribution in [0.1, 0.15) is 10.4 Å². The number of carbonyl (C=O) groups excluding carboxylic acids is 1. The lowest BCUT2D eigenvalue weighted by Gasteiger charge is -2.26. The van der Waals surface area contributed by atoms with Gasteiger partial charge in [0.1, 0.15) is 5.75 Å². The molecule has 0 aliphatic carbocycles. The number of phenols is 1. The molecule has 1 amide bonds. The summed E-state index contributed by atoms with van der Waals surface area (Å²) in [4.78, 5) is 11.5. The van der Waals surface area contributed by atoms with Gasteiger partial charge in [-0.2, -0.15) is 0 Å². The Balaban J connectivity index is 2.06. The van der Waals surface area contributed by atoms with E-state index in [1.54, 1.807) is 18.2 Å². The van der Waals surface area contributed by atoms with Crippen molar-refractivity contribution in [2.45, 2.75) is 6.04 Å². The molecule has 1 saturated heterocycles. The fraction of sp³-hybridized carbons (Fsp3) is 0.300. The fourth-order valence-electron chi connectivity index (χ4n) is 1.25. The normalized spacial score (nSPS) is 16.0. The maximum absolute atomic E-state index is 11.5. The summed E-state index contributed by atoms with van der Waals surface area (Å²) in [6.45, 7) is 1.11. The molecular weight excluding hydrogens is 182 g/mol. The number of phenolic OH excluding ortho intramolecular Hbond substituents is 1. The smallest absolute Gasteiger partial charge is 0.255 e.